The molecule has 4 heteroatoms. The van der Waals surface area contributed by atoms with Crippen LogP contribution in [0.3, 0.4) is 0 Å². The van der Waals surface area contributed by atoms with Crippen LogP contribution < -0.4 is 0 Å². The molecule has 0 aromatic heterocycles. The second-order valence-electron chi connectivity index (χ2n) is 5.00. The number of rotatable bonds is 6. The molecule has 0 radical (unpaired) electrons. The lowest BCUT2D eigenvalue weighted by atomic mass is 10.0. The summed E-state index contributed by atoms with van der Waals surface area (Å²) in [6.07, 6.45) is 1.64. The van der Waals surface area contributed by atoms with Crippen molar-refractivity contribution < 1.29 is 20.4 Å². The van der Waals surface area contributed by atoms with Crippen molar-refractivity contribution in [3.8, 4) is 0 Å². The highest BCUT2D eigenvalue weighted by Crippen LogP contribution is 2.09. The third-order valence-electron chi connectivity index (χ3n) is 2.04. The first-order valence-electron chi connectivity index (χ1n) is 5.85. The number of hydrogen-bond acceptors (Lipinski definition) is 4. The summed E-state index contributed by atoms with van der Waals surface area (Å²) in [6, 6.07) is 0. The third kappa shape index (κ3) is 19.4. The largest absolute Gasteiger partial charge is 0.396 e. The van der Waals surface area contributed by atoms with Crippen molar-refractivity contribution in [3.05, 3.63) is 0 Å². The molecule has 0 amide bonds. The van der Waals surface area contributed by atoms with Gasteiger partial charge in [-0.1, -0.05) is 6.92 Å². The summed E-state index contributed by atoms with van der Waals surface area (Å²) < 4.78 is 0. The molecule has 4 nitrogen and oxygen atoms in total. The van der Waals surface area contributed by atoms with Crippen LogP contribution in [0, 0.1) is 5.92 Å². The lowest BCUT2D eigenvalue weighted by molar-refractivity contribution is 0.0249. The average Bonchev–Trinajstić information content (AvgIpc) is 2.00. The zero-order chi connectivity index (χ0) is 13.2. The Labute approximate surface area is 98.9 Å². The minimum Gasteiger partial charge on any atom is -0.396 e. The minimum atomic E-state index is -0.728. The van der Waals surface area contributed by atoms with E-state index in [-0.39, 0.29) is 13.2 Å². The Morgan fingerprint density at radius 1 is 1.00 bits per heavy atom. The van der Waals surface area contributed by atoms with Crippen LogP contribution in [0.15, 0.2) is 0 Å². The topological polar surface area (TPSA) is 80.9 Å². The molecule has 0 aromatic carbocycles. The molecule has 1 atom stereocenters. The molecule has 0 saturated carbocycles. The molecule has 4 N–H and O–H groups in total. The molecule has 0 rings (SSSR count). The summed E-state index contributed by atoms with van der Waals surface area (Å²) in [4.78, 5) is 0. The van der Waals surface area contributed by atoms with Gasteiger partial charge in [-0.3, -0.25) is 0 Å². The first kappa shape index (κ1) is 18.2. The molecule has 0 spiro atoms. The Bertz CT molecular complexity index is 134. The van der Waals surface area contributed by atoms with Gasteiger partial charge in [-0.15, -0.1) is 0 Å². The maximum atomic E-state index is 9.03. The van der Waals surface area contributed by atoms with Crippen LogP contribution in [0.1, 0.15) is 47.0 Å². The lowest BCUT2D eigenvalue weighted by Crippen LogP contribution is -2.24. The summed E-state index contributed by atoms with van der Waals surface area (Å²) >= 11 is 0. The van der Waals surface area contributed by atoms with Crippen molar-refractivity contribution in [2.75, 3.05) is 13.2 Å². The fourth-order valence-electron chi connectivity index (χ4n) is 1.31. The maximum Gasteiger partial charge on any atom is 0.0616 e. The van der Waals surface area contributed by atoms with E-state index in [1.54, 1.807) is 20.8 Å². The summed E-state index contributed by atoms with van der Waals surface area (Å²) in [7, 11) is 0. The molecule has 16 heavy (non-hydrogen) atoms. The van der Waals surface area contributed by atoms with Crippen molar-refractivity contribution in [2.24, 2.45) is 5.92 Å². The van der Waals surface area contributed by atoms with Crippen LogP contribution in [0.25, 0.3) is 0 Å². The van der Waals surface area contributed by atoms with Gasteiger partial charge < -0.3 is 20.4 Å². The summed E-state index contributed by atoms with van der Waals surface area (Å²) in [5.74, 6) is 0.463. The molecule has 0 aliphatic heterocycles. The van der Waals surface area contributed by atoms with Crippen molar-refractivity contribution in [1.82, 2.24) is 0 Å². The Kier molecular flexibility index (Phi) is 11.4. The zero-order valence-electron chi connectivity index (χ0n) is 11.0. The molecule has 0 saturated heterocycles. The monoisotopic (exact) mass is 236 g/mol. The molecule has 0 aromatic rings. The van der Waals surface area contributed by atoms with Crippen molar-refractivity contribution in [1.29, 1.82) is 0 Å². The Balaban J connectivity index is 0. The molecular formula is C12H28O4. The van der Waals surface area contributed by atoms with Gasteiger partial charge in [-0.05, 0) is 39.5 Å². The minimum absolute atomic E-state index is 0.237. The van der Waals surface area contributed by atoms with Crippen LogP contribution in [0.5, 0.6) is 0 Å². The van der Waals surface area contributed by atoms with Crippen molar-refractivity contribution >= 4 is 0 Å². The molecule has 0 aliphatic carbocycles. The number of aliphatic hydroxyl groups is 4. The van der Waals surface area contributed by atoms with Gasteiger partial charge in [-0.25, -0.2) is 0 Å². The average molecular weight is 236 g/mol. The predicted molar refractivity (Wildman–Crippen MR) is 65.2 cm³/mol. The van der Waals surface area contributed by atoms with Crippen LogP contribution in [0.2, 0.25) is 0 Å². The van der Waals surface area contributed by atoms with Crippen LogP contribution in [-0.4, -0.2) is 45.3 Å². The van der Waals surface area contributed by atoms with Gasteiger partial charge >= 0.3 is 0 Å². The molecule has 0 aliphatic rings. The Morgan fingerprint density at radius 2 is 1.38 bits per heavy atom. The SMILES string of the molecule is CC(CCO)CCO.CC(O)CC(C)(C)O. The lowest BCUT2D eigenvalue weighted by Gasteiger charge is -2.17. The van der Waals surface area contributed by atoms with Crippen molar-refractivity contribution in [2.45, 2.75) is 58.7 Å². The summed E-state index contributed by atoms with van der Waals surface area (Å²) in [6.45, 7) is 7.52. The first-order chi connectivity index (χ1) is 7.22. The number of aliphatic hydroxyl groups excluding tert-OH is 3. The van der Waals surface area contributed by atoms with Gasteiger partial charge in [0.15, 0.2) is 0 Å². The highest BCUT2D eigenvalue weighted by Gasteiger charge is 2.14. The molecular weight excluding hydrogens is 208 g/mol. The van der Waals surface area contributed by atoms with Crippen LogP contribution in [0.4, 0.5) is 0 Å². The van der Waals surface area contributed by atoms with E-state index in [0.717, 1.165) is 12.8 Å². The molecule has 0 heterocycles. The highest BCUT2D eigenvalue weighted by molar-refractivity contribution is 4.67. The van der Waals surface area contributed by atoms with E-state index in [9.17, 15) is 0 Å². The summed E-state index contributed by atoms with van der Waals surface area (Å²) in [5.41, 5.74) is -0.728. The van der Waals surface area contributed by atoms with E-state index in [2.05, 4.69) is 0 Å². The van der Waals surface area contributed by atoms with Crippen LogP contribution in [-0.2, 0) is 0 Å². The van der Waals surface area contributed by atoms with Crippen molar-refractivity contribution in [3.63, 3.8) is 0 Å². The fraction of sp³-hybridized carbons (Fsp3) is 1.00. The Morgan fingerprint density at radius 3 is 1.50 bits per heavy atom. The quantitative estimate of drug-likeness (QED) is 0.553. The van der Waals surface area contributed by atoms with Gasteiger partial charge in [0.1, 0.15) is 0 Å². The number of hydrogen-bond donors (Lipinski definition) is 4. The normalized spacial score (nSPS) is 13.3. The summed E-state index contributed by atoms with van der Waals surface area (Å²) in [5, 5.41) is 34.5. The second kappa shape index (κ2) is 10.0. The van der Waals surface area contributed by atoms with Gasteiger partial charge in [0.2, 0.25) is 0 Å². The smallest absolute Gasteiger partial charge is 0.0616 e. The highest BCUT2D eigenvalue weighted by atomic mass is 16.3. The molecule has 1 unspecified atom stereocenters. The van der Waals surface area contributed by atoms with E-state index in [1.807, 2.05) is 6.92 Å². The maximum absolute atomic E-state index is 9.03. The van der Waals surface area contributed by atoms with E-state index in [4.69, 9.17) is 20.4 Å². The zero-order valence-corrected chi connectivity index (χ0v) is 11.0. The van der Waals surface area contributed by atoms with E-state index < -0.39 is 11.7 Å². The standard InChI is InChI=1S/2C6H14O2/c1-5(7)4-6(2,3)8;1-6(2-4-7)3-5-8/h5,7-8H,4H2,1-3H3;6-8H,2-5H2,1H3. The van der Waals surface area contributed by atoms with E-state index in [1.165, 1.54) is 0 Å². The molecule has 0 fully saturated rings. The van der Waals surface area contributed by atoms with Gasteiger partial charge in [0.05, 0.1) is 11.7 Å². The third-order valence-corrected chi connectivity index (χ3v) is 2.04. The first-order valence-corrected chi connectivity index (χ1v) is 5.85. The molecule has 100 valence electrons. The van der Waals surface area contributed by atoms with Crippen LogP contribution >= 0.6 is 0 Å². The Hall–Kier alpha value is -0.160. The van der Waals surface area contributed by atoms with Gasteiger partial charge in [0, 0.05) is 19.6 Å². The van der Waals surface area contributed by atoms with E-state index >= 15 is 0 Å². The second-order valence-corrected chi connectivity index (χ2v) is 5.00. The molecule has 0 bridgehead atoms. The predicted octanol–water partition coefficient (Wildman–Crippen LogP) is 0.915. The van der Waals surface area contributed by atoms with E-state index in [0.29, 0.717) is 12.3 Å². The van der Waals surface area contributed by atoms with Gasteiger partial charge in [-0.2, -0.15) is 0 Å². The van der Waals surface area contributed by atoms with Gasteiger partial charge in [0.25, 0.3) is 0 Å². The fourth-order valence-corrected chi connectivity index (χ4v) is 1.31.